The Hall–Kier alpha value is -1.08. The SMILES string of the molecule is CCOC[C@@H]1CC=CC[C@H]1c1ccccc1. The summed E-state index contributed by atoms with van der Waals surface area (Å²) in [5, 5.41) is 0. The Bertz CT molecular complexity index is 329. The van der Waals surface area contributed by atoms with Crippen molar-refractivity contribution in [2.75, 3.05) is 13.2 Å². The molecule has 0 aliphatic heterocycles. The summed E-state index contributed by atoms with van der Waals surface area (Å²) in [6.45, 7) is 3.78. The van der Waals surface area contributed by atoms with Gasteiger partial charge in [-0.15, -0.1) is 0 Å². The minimum Gasteiger partial charge on any atom is -0.381 e. The first-order valence-electron chi connectivity index (χ1n) is 6.19. The van der Waals surface area contributed by atoms with Gasteiger partial charge in [-0.2, -0.15) is 0 Å². The van der Waals surface area contributed by atoms with Crippen LogP contribution < -0.4 is 0 Å². The highest BCUT2D eigenvalue weighted by Gasteiger charge is 2.23. The van der Waals surface area contributed by atoms with Crippen molar-refractivity contribution in [3.05, 3.63) is 48.0 Å². The van der Waals surface area contributed by atoms with Gasteiger partial charge in [-0.05, 0) is 37.2 Å². The maximum atomic E-state index is 5.59. The lowest BCUT2D eigenvalue weighted by Gasteiger charge is -2.28. The molecule has 1 aliphatic rings. The Labute approximate surface area is 98.1 Å². The van der Waals surface area contributed by atoms with Gasteiger partial charge in [0.1, 0.15) is 0 Å². The molecule has 0 radical (unpaired) electrons. The summed E-state index contributed by atoms with van der Waals surface area (Å²) in [6, 6.07) is 10.8. The van der Waals surface area contributed by atoms with Crippen molar-refractivity contribution in [1.29, 1.82) is 0 Å². The molecule has 86 valence electrons. The molecular formula is C15H20O. The van der Waals surface area contributed by atoms with E-state index in [0.717, 1.165) is 26.1 Å². The second-order valence-corrected chi connectivity index (χ2v) is 4.38. The largest absolute Gasteiger partial charge is 0.381 e. The number of hydrogen-bond acceptors (Lipinski definition) is 1. The predicted molar refractivity (Wildman–Crippen MR) is 67.5 cm³/mol. The van der Waals surface area contributed by atoms with Gasteiger partial charge in [0, 0.05) is 6.61 Å². The van der Waals surface area contributed by atoms with Gasteiger partial charge < -0.3 is 4.74 Å². The van der Waals surface area contributed by atoms with Gasteiger partial charge >= 0.3 is 0 Å². The lowest BCUT2D eigenvalue weighted by Crippen LogP contribution is -2.20. The molecule has 0 fully saturated rings. The molecule has 1 heteroatoms. The number of benzene rings is 1. The zero-order valence-corrected chi connectivity index (χ0v) is 9.93. The van der Waals surface area contributed by atoms with Gasteiger partial charge in [-0.25, -0.2) is 0 Å². The van der Waals surface area contributed by atoms with Gasteiger partial charge in [-0.1, -0.05) is 42.5 Å². The van der Waals surface area contributed by atoms with Crippen molar-refractivity contribution in [3.8, 4) is 0 Å². The average molecular weight is 216 g/mol. The van der Waals surface area contributed by atoms with Crippen molar-refractivity contribution >= 4 is 0 Å². The van der Waals surface area contributed by atoms with Crippen LogP contribution in [-0.4, -0.2) is 13.2 Å². The van der Waals surface area contributed by atoms with Crippen LogP contribution in [0.5, 0.6) is 0 Å². The van der Waals surface area contributed by atoms with Crippen molar-refractivity contribution < 1.29 is 4.74 Å². The molecule has 0 unspecified atom stereocenters. The summed E-state index contributed by atoms with van der Waals surface area (Å²) in [5.74, 6) is 1.28. The van der Waals surface area contributed by atoms with Crippen molar-refractivity contribution in [2.24, 2.45) is 5.92 Å². The molecule has 16 heavy (non-hydrogen) atoms. The molecule has 1 aromatic rings. The van der Waals surface area contributed by atoms with Crippen LogP contribution in [0.2, 0.25) is 0 Å². The normalized spacial score (nSPS) is 24.6. The monoisotopic (exact) mass is 216 g/mol. The quantitative estimate of drug-likeness (QED) is 0.696. The third-order valence-electron chi connectivity index (χ3n) is 3.33. The molecule has 2 rings (SSSR count). The van der Waals surface area contributed by atoms with Crippen molar-refractivity contribution in [1.82, 2.24) is 0 Å². The van der Waals surface area contributed by atoms with Crippen LogP contribution >= 0.6 is 0 Å². The molecule has 0 bridgehead atoms. The maximum absolute atomic E-state index is 5.59. The zero-order valence-electron chi connectivity index (χ0n) is 9.93. The molecule has 2 atom stereocenters. The summed E-state index contributed by atoms with van der Waals surface area (Å²) in [4.78, 5) is 0. The summed E-state index contributed by atoms with van der Waals surface area (Å²) in [6.07, 6.45) is 6.91. The number of rotatable bonds is 4. The maximum Gasteiger partial charge on any atom is 0.0503 e. The molecule has 1 aliphatic carbocycles. The van der Waals surface area contributed by atoms with Crippen LogP contribution in [0.15, 0.2) is 42.5 Å². The number of ether oxygens (including phenoxy) is 1. The van der Waals surface area contributed by atoms with Crippen LogP contribution in [0.4, 0.5) is 0 Å². The van der Waals surface area contributed by atoms with E-state index in [1.54, 1.807) is 0 Å². The van der Waals surface area contributed by atoms with Crippen molar-refractivity contribution in [2.45, 2.75) is 25.7 Å². The van der Waals surface area contributed by atoms with Crippen LogP contribution in [-0.2, 0) is 4.74 Å². The first-order chi connectivity index (χ1) is 7.92. The predicted octanol–water partition coefficient (Wildman–Crippen LogP) is 3.77. The van der Waals surface area contributed by atoms with Crippen molar-refractivity contribution in [3.63, 3.8) is 0 Å². The molecule has 0 saturated carbocycles. The van der Waals surface area contributed by atoms with E-state index in [1.807, 2.05) is 0 Å². The highest BCUT2D eigenvalue weighted by Crippen LogP contribution is 2.34. The Morgan fingerprint density at radius 3 is 2.62 bits per heavy atom. The highest BCUT2D eigenvalue weighted by molar-refractivity contribution is 5.22. The first kappa shape index (κ1) is 11.4. The lowest BCUT2D eigenvalue weighted by atomic mass is 9.79. The molecule has 0 spiro atoms. The van der Waals surface area contributed by atoms with E-state index in [0.29, 0.717) is 11.8 Å². The standard InChI is InChI=1S/C15H20O/c1-2-16-12-14-10-6-7-11-15(14)13-8-4-3-5-9-13/h3-9,14-15H,2,10-12H2,1H3/t14-,15-/m0/s1. The van der Waals surface area contributed by atoms with E-state index in [9.17, 15) is 0 Å². The molecule has 0 heterocycles. The fourth-order valence-electron chi connectivity index (χ4n) is 2.43. The third kappa shape index (κ3) is 2.73. The van der Waals surface area contributed by atoms with Gasteiger partial charge in [0.2, 0.25) is 0 Å². The molecular weight excluding hydrogens is 196 g/mol. The van der Waals surface area contributed by atoms with E-state index in [2.05, 4.69) is 49.4 Å². The van der Waals surface area contributed by atoms with Crippen LogP contribution in [0.25, 0.3) is 0 Å². The van der Waals surface area contributed by atoms with Crippen LogP contribution in [0.3, 0.4) is 0 Å². The summed E-state index contributed by atoms with van der Waals surface area (Å²) < 4.78 is 5.59. The molecule has 0 saturated heterocycles. The first-order valence-corrected chi connectivity index (χ1v) is 6.19. The van der Waals surface area contributed by atoms with Crippen LogP contribution in [0, 0.1) is 5.92 Å². The van der Waals surface area contributed by atoms with Gasteiger partial charge in [-0.3, -0.25) is 0 Å². The lowest BCUT2D eigenvalue weighted by molar-refractivity contribution is 0.0987. The second kappa shape index (κ2) is 5.86. The Morgan fingerprint density at radius 2 is 1.88 bits per heavy atom. The average Bonchev–Trinajstić information content (AvgIpc) is 2.38. The molecule has 0 N–H and O–H groups in total. The minimum atomic E-state index is 0.637. The Kier molecular flexibility index (Phi) is 4.17. The second-order valence-electron chi connectivity index (χ2n) is 4.38. The van der Waals surface area contributed by atoms with E-state index >= 15 is 0 Å². The molecule has 1 aromatic carbocycles. The number of allylic oxidation sites excluding steroid dienone is 2. The van der Waals surface area contributed by atoms with E-state index < -0.39 is 0 Å². The summed E-state index contributed by atoms with van der Waals surface area (Å²) >= 11 is 0. The number of hydrogen-bond donors (Lipinski definition) is 0. The fraction of sp³-hybridized carbons (Fsp3) is 0.467. The Morgan fingerprint density at radius 1 is 1.12 bits per heavy atom. The summed E-state index contributed by atoms with van der Waals surface area (Å²) in [7, 11) is 0. The highest BCUT2D eigenvalue weighted by atomic mass is 16.5. The third-order valence-corrected chi connectivity index (χ3v) is 3.33. The zero-order chi connectivity index (χ0) is 11.2. The van der Waals surface area contributed by atoms with E-state index in [1.165, 1.54) is 5.56 Å². The van der Waals surface area contributed by atoms with Gasteiger partial charge in [0.15, 0.2) is 0 Å². The minimum absolute atomic E-state index is 0.637. The van der Waals surface area contributed by atoms with E-state index in [4.69, 9.17) is 4.74 Å². The molecule has 0 amide bonds. The van der Waals surface area contributed by atoms with Crippen LogP contribution in [0.1, 0.15) is 31.2 Å². The fourth-order valence-corrected chi connectivity index (χ4v) is 2.43. The van der Waals surface area contributed by atoms with E-state index in [-0.39, 0.29) is 0 Å². The Balaban J connectivity index is 2.08. The topological polar surface area (TPSA) is 9.23 Å². The summed E-state index contributed by atoms with van der Waals surface area (Å²) in [5.41, 5.74) is 1.46. The smallest absolute Gasteiger partial charge is 0.0503 e. The molecule has 1 nitrogen and oxygen atoms in total. The van der Waals surface area contributed by atoms with Gasteiger partial charge in [0.25, 0.3) is 0 Å². The van der Waals surface area contributed by atoms with Gasteiger partial charge in [0.05, 0.1) is 6.61 Å². The molecule has 0 aromatic heterocycles.